The highest BCUT2D eigenvalue weighted by Gasteiger charge is 2.28. The van der Waals surface area contributed by atoms with Crippen LogP contribution in [0.2, 0.25) is 0 Å². The second-order valence-corrected chi connectivity index (χ2v) is 7.35. The second-order valence-electron chi connectivity index (χ2n) is 7.35. The average Bonchev–Trinajstić information content (AvgIpc) is 2.74. The van der Waals surface area contributed by atoms with Crippen molar-refractivity contribution in [3.05, 3.63) is 99.0 Å². The Morgan fingerprint density at radius 2 is 1.76 bits per heavy atom. The van der Waals surface area contributed by atoms with Crippen LogP contribution in [0.1, 0.15) is 56.8 Å². The van der Waals surface area contributed by atoms with Crippen molar-refractivity contribution in [2.24, 2.45) is 0 Å². The van der Waals surface area contributed by atoms with Gasteiger partial charge in [-0.15, -0.1) is 0 Å². The number of hydrogen-bond acceptors (Lipinski definition) is 3. The van der Waals surface area contributed by atoms with Crippen LogP contribution in [0.4, 0.5) is 5.69 Å². The first-order valence-electron chi connectivity index (χ1n) is 9.79. The molecule has 0 spiro atoms. The third-order valence-corrected chi connectivity index (χ3v) is 5.44. The zero-order valence-electron chi connectivity index (χ0n) is 16.2. The van der Waals surface area contributed by atoms with E-state index >= 15 is 0 Å². The number of pyridine rings is 1. The van der Waals surface area contributed by atoms with Crippen LogP contribution >= 0.6 is 0 Å². The number of aromatic nitrogens is 1. The van der Waals surface area contributed by atoms with Gasteiger partial charge in [0, 0.05) is 23.4 Å². The van der Waals surface area contributed by atoms with E-state index in [1.807, 2.05) is 42.5 Å². The number of carbonyl (C=O) groups excluding carboxylic acids is 2. The third kappa shape index (κ3) is 3.90. The number of rotatable bonds is 4. The van der Waals surface area contributed by atoms with Gasteiger partial charge in [0.1, 0.15) is 5.56 Å². The fraction of sp³-hybridized carbons (Fsp3) is 0.208. The Kier molecular flexibility index (Phi) is 5.12. The second kappa shape index (κ2) is 7.87. The smallest absolute Gasteiger partial charge is 0.261 e. The van der Waals surface area contributed by atoms with Gasteiger partial charge in [0.2, 0.25) is 0 Å². The lowest BCUT2D eigenvalue weighted by Gasteiger charge is -2.24. The SMILES string of the molecule is CCc1ccc(NC(=O)c2cc3c([nH]c2=O)C[C@H](c2ccccc2)CC3=O)cc1. The monoisotopic (exact) mass is 386 g/mol. The van der Waals surface area contributed by atoms with E-state index < -0.39 is 11.5 Å². The van der Waals surface area contributed by atoms with Crippen molar-refractivity contribution >= 4 is 17.4 Å². The van der Waals surface area contributed by atoms with E-state index in [4.69, 9.17) is 0 Å². The van der Waals surface area contributed by atoms with Crippen LogP contribution in [0.3, 0.4) is 0 Å². The molecule has 0 fully saturated rings. The summed E-state index contributed by atoms with van der Waals surface area (Å²) in [5.74, 6) is -0.544. The minimum Gasteiger partial charge on any atom is -0.325 e. The van der Waals surface area contributed by atoms with E-state index in [0.717, 1.165) is 17.5 Å². The summed E-state index contributed by atoms with van der Waals surface area (Å²) in [5.41, 5.74) is 3.35. The van der Waals surface area contributed by atoms with E-state index in [2.05, 4.69) is 17.2 Å². The molecule has 1 aromatic heterocycles. The highest BCUT2D eigenvalue weighted by atomic mass is 16.2. The predicted octanol–water partition coefficient (Wildman–Crippen LogP) is 4.10. The molecule has 5 nitrogen and oxygen atoms in total. The molecule has 0 aliphatic heterocycles. The van der Waals surface area contributed by atoms with Crippen LogP contribution in [0, 0.1) is 0 Å². The molecule has 0 saturated heterocycles. The number of aromatic amines is 1. The number of carbonyl (C=O) groups is 2. The normalized spacial score (nSPS) is 15.6. The minimum atomic E-state index is -0.517. The summed E-state index contributed by atoms with van der Waals surface area (Å²) in [5, 5.41) is 2.74. The largest absolute Gasteiger partial charge is 0.325 e. The number of ketones is 1. The molecule has 0 radical (unpaired) electrons. The zero-order chi connectivity index (χ0) is 20.4. The lowest BCUT2D eigenvalue weighted by atomic mass is 9.81. The van der Waals surface area contributed by atoms with E-state index in [1.54, 1.807) is 12.1 Å². The summed E-state index contributed by atoms with van der Waals surface area (Å²) in [6.07, 6.45) is 1.84. The number of H-pyrrole nitrogens is 1. The van der Waals surface area contributed by atoms with Crippen LogP contribution in [0.15, 0.2) is 65.5 Å². The number of aryl methyl sites for hydroxylation is 1. The van der Waals surface area contributed by atoms with E-state index in [-0.39, 0.29) is 17.3 Å². The Balaban J connectivity index is 1.59. The fourth-order valence-corrected chi connectivity index (χ4v) is 3.78. The lowest BCUT2D eigenvalue weighted by Crippen LogP contribution is -2.29. The Morgan fingerprint density at radius 1 is 1.03 bits per heavy atom. The molecule has 1 aliphatic carbocycles. The molecule has 29 heavy (non-hydrogen) atoms. The van der Waals surface area contributed by atoms with Gasteiger partial charge in [0.25, 0.3) is 11.5 Å². The molecule has 4 rings (SSSR count). The maximum Gasteiger partial charge on any atom is 0.261 e. The maximum absolute atomic E-state index is 12.7. The van der Waals surface area contributed by atoms with Crippen molar-refractivity contribution in [1.29, 1.82) is 0 Å². The molecule has 5 heteroatoms. The Labute approximate surface area is 168 Å². The Morgan fingerprint density at radius 3 is 2.45 bits per heavy atom. The van der Waals surface area contributed by atoms with E-state index in [0.29, 0.717) is 29.8 Å². The lowest BCUT2D eigenvalue weighted by molar-refractivity contribution is 0.0963. The summed E-state index contributed by atoms with van der Waals surface area (Å²) in [7, 11) is 0. The summed E-state index contributed by atoms with van der Waals surface area (Å²) in [6, 6.07) is 18.7. The van der Waals surface area contributed by atoms with Gasteiger partial charge in [-0.1, -0.05) is 49.4 Å². The van der Waals surface area contributed by atoms with Gasteiger partial charge in [0.05, 0.1) is 0 Å². The first-order valence-corrected chi connectivity index (χ1v) is 9.79. The molecule has 1 amide bonds. The number of amides is 1. The minimum absolute atomic E-state index is 0.0311. The molecule has 2 N–H and O–H groups in total. The van der Waals surface area contributed by atoms with Gasteiger partial charge >= 0.3 is 0 Å². The van der Waals surface area contributed by atoms with E-state index in [1.165, 1.54) is 6.07 Å². The Bertz CT molecular complexity index is 1120. The standard InChI is InChI=1S/C24H22N2O3/c1-2-15-8-10-18(11-9-15)25-23(28)20-14-19-21(26-24(20)29)12-17(13-22(19)27)16-6-4-3-5-7-16/h3-11,14,17H,2,12-13H2,1H3,(H,25,28)(H,26,29)/t17-/m0/s1. The summed E-state index contributed by atoms with van der Waals surface area (Å²) < 4.78 is 0. The van der Waals surface area contributed by atoms with Gasteiger partial charge in [-0.25, -0.2) is 0 Å². The third-order valence-electron chi connectivity index (χ3n) is 5.44. The molecule has 0 unspecified atom stereocenters. The molecule has 146 valence electrons. The number of anilines is 1. The molecule has 1 aliphatic rings. The number of hydrogen-bond donors (Lipinski definition) is 2. The molecule has 2 aromatic carbocycles. The van der Waals surface area contributed by atoms with Crippen molar-refractivity contribution in [2.45, 2.75) is 32.1 Å². The maximum atomic E-state index is 12.7. The highest BCUT2D eigenvalue weighted by molar-refractivity contribution is 6.06. The van der Waals surface area contributed by atoms with Crippen molar-refractivity contribution < 1.29 is 9.59 Å². The van der Waals surface area contributed by atoms with Crippen LogP contribution < -0.4 is 10.9 Å². The molecule has 3 aromatic rings. The zero-order valence-corrected chi connectivity index (χ0v) is 16.2. The van der Waals surface area contributed by atoms with Gasteiger partial charge in [0.15, 0.2) is 5.78 Å². The predicted molar refractivity (Wildman–Crippen MR) is 113 cm³/mol. The molecule has 0 saturated carbocycles. The first-order chi connectivity index (χ1) is 14.0. The highest BCUT2D eigenvalue weighted by Crippen LogP contribution is 2.31. The molecule has 1 atom stereocenters. The van der Waals surface area contributed by atoms with Crippen LogP contribution in [0.25, 0.3) is 0 Å². The summed E-state index contributed by atoms with van der Waals surface area (Å²) in [4.78, 5) is 40.7. The van der Waals surface area contributed by atoms with E-state index in [9.17, 15) is 14.4 Å². The van der Waals surface area contributed by atoms with Crippen molar-refractivity contribution in [2.75, 3.05) is 5.32 Å². The van der Waals surface area contributed by atoms with Crippen molar-refractivity contribution in [3.8, 4) is 0 Å². The topological polar surface area (TPSA) is 79.0 Å². The van der Waals surface area contributed by atoms with Crippen molar-refractivity contribution in [3.63, 3.8) is 0 Å². The molecular weight excluding hydrogens is 364 g/mol. The summed E-state index contributed by atoms with van der Waals surface area (Å²) >= 11 is 0. The van der Waals surface area contributed by atoms with Gasteiger partial charge < -0.3 is 10.3 Å². The summed E-state index contributed by atoms with van der Waals surface area (Å²) in [6.45, 7) is 2.06. The van der Waals surface area contributed by atoms with Gasteiger partial charge in [-0.05, 0) is 48.1 Å². The van der Waals surface area contributed by atoms with Crippen molar-refractivity contribution in [1.82, 2.24) is 4.98 Å². The van der Waals surface area contributed by atoms with Gasteiger partial charge in [-0.3, -0.25) is 14.4 Å². The first kappa shape index (κ1) is 18.9. The fourth-order valence-electron chi connectivity index (χ4n) is 3.78. The average molecular weight is 386 g/mol. The number of Topliss-reactive ketones (excluding diaryl/α,β-unsaturated/α-hetero) is 1. The molecule has 1 heterocycles. The number of fused-ring (bicyclic) bond motifs is 1. The van der Waals surface area contributed by atoms with Crippen LogP contribution in [0.5, 0.6) is 0 Å². The van der Waals surface area contributed by atoms with Gasteiger partial charge in [-0.2, -0.15) is 0 Å². The van der Waals surface area contributed by atoms with Crippen LogP contribution in [-0.2, 0) is 12.8 Å². The Hall–Kier alpha value is -3.47. The van der Waals surface area contributed by atoms with Crippen LogP contribution in [-0.4, -0.2) is 16.7 Å². The number of benzene rings is 2. The quantitative estimate of drug-likeness (QED) is 0.708. The molecule has 0 bridgehead atoms. The number of nitrogens with one attached hydrogen (secondary N) is 2. The molecular formula is C24H22N2O3.